The Labute approximate surface area is 125 Å². The van der Waals surface area contributed by atoms with Crippen LogP contribution in [0.15, 0.2) is 22.7 Å². The van der Waals surface area contributed by atoms with Crippen LogP contribution in [0.5, 0.6) is 11.6 Å². The maximum Gasteiger partial charge on any atom is 0.221 e. The van der Waals surface area contributed by atoms with Gasteiger partial charge in [-0.2, -0.15) is 5.10 Å². The monoisotopic (exact) mass is 343 g/mol. The summed E-state index contributed by atoms with van der Waals surface area (Å²) >= 11 is 9.52. The maximum absolute atomic E-state index is 6.16. The number of nitrogens with two attached hydrogens (primary N) is 1. The van der Waals surface area contributed by atoms with Crippen molar-refractivity contribution in [2.45, 2.75) is 13.3 Å². The van der Waals surface area contributed by atoms with Crippen LogP contribution in [0.3, 0.4) is 0 Å². The minimum atomic E-state index is 0.548. The fourth-order valence-electron chi connectivity index (χ4n) is 1.90. The predicted octanol–water partition coefficient (Wildman–Crippen LogP) is 3.44. The Balaban J connectivity index is 2.37. The van der Waals surface area contributed by atoms with Crippen LogP contribution in [0.25, 0.3) is 0 Å². The lowest BCUT2D eigenvalue weighted by atomic mass is 10.2. The third-order valence-corrected chi connectivity index (χ3v) is 3.57. The van der Waals surface area contributed by atoms with Crippen LogP contribution in [-0.4, -0.2) is 16.3 Å². The molecule has 0 aliphatic heterocycles. The van der Waals surface area contributed by atoms with Gasteiger partial charge in [0.05, 0.1) is 10.7 Å². The zero-order chi connectivity index (χ0) is 14.0. The zero-order valence-electron chi connectivity index (χ0n) is 10.8. The third kappa shape index (κ3) is 3.11. The van der Waals surface area contributed by atoms with Crippen molar-refractivity contribution in [2.75, 3.05) is 6.54 Å². The van der Waals surface area contributed by atoms with E-state index in [2.05, 4.69) is 21.0 Å². The van der Waals surface area contributed by atoms with Gasteiger partial charge in [0, 0.05) is 17.1 Å². The van der Waals surface area contributed by atoms with Crippen LogP contribution in [0.1, 0.15) is 11.3 Å². The molecule has 1 aromatic heterocycles. The number of halogens is 2. The zero-order valence-corrected chi connectivity index (χ0v) is 13.1. The van der Waals surface area contributed by atoms with E-state index >= 15 is 0 Å². The maximum atomic E-state index is 6.16. The van der Waals surface area contributed by atoms with Crippen molar-refractivity contribution in [3.8, 4) is 11.6 Å². The van der Waals surface area contributed by atoms with E-state index in [9.17, 15) is 0 Å². The van der Waals surface area contributed by atoms with Crippen molar-refractivity contribution in [3.63, 3.8) is 0 Å². The first-order valence-electron chi connectivity index (χ1n) is 5.88. The molecule has 102 valence electrons. The molecule has 0 fully saturated rings. The second kappa shape index (κ2) is 5.94. The quantitative estimate of drug-likeness (QED) is 0.924. The fourth-order valence-corrected chi connectivity index (χ4v) is 2.61. The first-order chi connectivity index (χ1) is 9.02. The molecule has 1 aromatic carbocycles. The molecule has 0 spiro atoms. The summed E-state index contributed by atoms with van der Waals surface area (Å²) in [5.74, 6) is 1.29. The van der Waals surface area contributed by atoms with Gasteiger partial charge in [-0.15, -0.1) is 0 Å². The Kier molecular flexibility index (Phi) is 4.50. The fraction of sp³-hybridized carbons (Fsp3) is 0.308. The topological polar surface area (TPSA) is 53.1 Å². The van der Waals surface area contributed by atoms with Crippen LogP contribution >= 0.6 is 27.5 Å². The predicted molar refractivity (Wildman–Crippen MR) is 79.9 cm³/mol. The Morgan fingerprint density at radius 1 is 1.47 bits per heavy atom. The Morgan fingerprint density at radius 2 is 2.21 bits per heavy atom. The van der Waals surface area contributed by atoms with Crippen molar-refractivity contribution in [3.05, 3.63) is 39.0 Å². The molecule has 2 rings (SSSR count). The lowest BCUT2D eigenvalue weighted by Gasteiger charge is -2.10. The van der Waals surface area contributed by atoms with Gasteiger partial charge in [0.15, 0.2) is 0 Å². The highest BCUT2D eigenvalue weighted by Crippen LogP contribution is 2.33. The van der Waals surface area contributed by atoms with E-state index in [1.54, 1.807) is 10.7 Å². The van der Waals surface area contributed by atoms with Gasteiger partial charge in [0.2, 0.25) is 5.88 Å². The summed E-state index contributed by atoms with van der Waals surface area (Å²) in [6.07, 6.45) is 0.725. The summed E-state index contributed by atoms with van der Waals surface area (Å²) < 4.78 is 8.51. The molecular formula is C13H15BrClN3O. The number of aryl methyl sites for hydroxylation is 2. The first-order valence-corrected chi connectivity index (χ1v) is 7.05. The normalized spacial score (nSPS) is 10.8. The van der Waals surface area contributed by atoms with Crippen molar-refractivity contribution in [2.24, 2.45) is 12.8 Å². The summed E-state index contributed by atoms with van der Waals surface area (Å²) in [4.78, 5) is 0. The molecule has 0 unspecified atom stereocenters. The van der Waals surface area contributed by atoms with Gasteiger partial charge in [0.25, 0.3) is 0 Å². The molecule has 0 saturated heterocycles. The van der Waals surface area contributed by atoms with E-state index in [4.69, 9.17) is 22.1 Å². The molecule has 0 aliphatic carbocycles. The Bertz CT molecular complexity index is 598. The second-order valence-corrected chi connectivity index (χ2v) is 5.53. The summed E-state index contributed by atoms with van der Waals surface area (Å²) in [5.41, 5.74) is 7.57. The largest absolute Gasteiger partial charge is 0.437 e. The molecule has 2 N–H and O–H groups in total. The van der Waals surface area contributed by atoms with Gasteiger partial charge in [-0.25, -0.2) is 4.68 Å². The molecular weight excluding hydrogens is 330 g/mol. The van der Waals surface area contributed by atoms with Gasteiger partial charge in [-0.1, -0.05) is 27.5 Å². The molecule has 2 aromatic rings. The van der Waals surface area contributed by atoms with Gasteiger partial charge in [0.1, 0.15) is 5.75 Å². The van der Waals surface area contributed by atoms with E-state index in [0.29, 0.717) is 23.2 Å². The Morgan fingerprint density at radius 3 is 2.84 bits per heavy atom. The van der Waals surface area contributed by atoms with E-state index in [1.165, 1.54) is 0 Å². The number of hydrogen-bond acceptors (Lipinski definition) is 3. The lowest BCUT2D eigenvalue weighted by Crippen LogP contribution is -2.05. The summed E-state index contributed by atoms with van der Waals surface area (Å²) in [6, 6.07) is 5.50. The van der Waals surface area contributed by atoms with Crippen molar-refractivity contribution in [1.82, 2.24) is 9.78 Å². The van der Waals surface area contributed by atoms with Crippen LogP contribution in [0.2, 0.25) is 5.02 Å². The van der Waals surface area contributed by atoms with Crippen molar-refractivity contribution in [1.29, 1.82) is 0 Å². The molecule has 0 atom stereocenters. The average molecular weight is 345 g/mol. The number of hydrogen-bond donors (Lipinski definition) is 1. The second-order valence-electron chi connectivity index (χ2n) is 4.21. The minimum Gasteiger partial charge on any atom is -0.437 e. The molecule has 0 radical (unpaired) electrons. The first kappa shape index (κ1) is 14.4. The summed E-state index contributed by atoms with van der Waals surface area (Å²) in [7, 11) is 1.84. The molecule has 19 heavy (non-hydrogen) atoms. The Hall–Kier alpha value is -1.04. The van der Waals surface area contributed by atoms with Gasteiger partial charge >= 0.3 is 0 Å². The van der Waals surface area contributed by atoms with E-state index in [-0.39, 0.29) is 0 Å². The number of aromatic nitrogens is 2. The van der Waals surface area contributed by atoms with Crippen LogP contribution in [0.4, 0.5) is 0 Å². The van der Waals surface area contributed by atoms with Crippen molar-refractivity contribution < 1.29 is 4.74 Å². The van der Waals surface area contributed by atoms with Gasteiger partial charge in [-0.3, -0.25) is 0 Å². The molecule has 4 nitrogen and oxygen atoms in total. The molecule has 6 heteroatoms. The summed E-state index contributed by atoms with van der Waals surface area (Å²) in [6.45, 7) is 2.50. The van der Waals surface area contributed by atoms with E-state index in [0.717, 1.165) is 22.2 Å². The number of nitrogens with zero attached hydrogens (tertiary/aromatic N) is 2. The number of ether oxygens (including phenoxy) is 1. The third-order valence-electron chi connectivity index (χ3n) is 2.78. The molecule has 0 amide bonds. The van der Waals surface area contributed by atoms with Crippen molar-refractivity contribution >= 4 is 27.5 Å². The van der Waals surface area contributed by atoms with Gasteiger partial charge < -0.3 is 10.5 Å². The lowest BCUT2D eigenvalue weighted by molar-refractivity contribution is 0.426. The SMILES string of the molecule is Cc1nn(C)c(Oc2ccc(Br)cc2Cl)c1CCN. The van der Waals surface area contributed by atoms with E-state index in [1.807, 2.05) is 26.1 Å². The smallest absolute Gasteiger partial charge is 0.221 e. The highest BCUT2D eigenvalue weighted by molar-refractivity contribution is 9.10. The number of benzene rings is 1. The summed E-state index contributed by atoms with van der Waals surface area (Å²) in [5, 5.41) is 4.90. The number of rotatable bonds is 4. The van der Waals surface area contributed by atoms with Crippen LogP contribution < -0.4 is 10.5 Å². The average Bonchev–Trinajstić information content (AvgIpc) is 2.60. The minimum absolute atomic E-state index is 0.548. The molecule has 0 aliphatic rings. The molecule has 0 bridgehead atoms. The molecule has 1 heterocycles. The molecule has 0 saturated carbocycles. The van der Waals surface area contributed by atoms with Gasteiger partial charge in [-0.05, 0) is 38.1 Å². The van der Waals surface area contributed by atoms with Crippen LogP contribution in [-0.2, 0) is 13.5 Å². The van der Waals surface area contributed by atoms with Crippen LogP contribution in [0, 0.1) is 6.92 Å². The highest BCUT2D eigenvalue weighted by Gasteiger charge is 2.16. The standard InChI is InChI=1S/C13H15BrClN3O/c1-8-10(5-6-16)13(18(2)17-8)19-12-4-3-9(14)7-11(12)15/h3-4,7H,5-6,16H2,1-2H3. The van der Waals surface area contributed by atoms with E-state index < -0.39 is 0 Å². The highest BCUT2D eigenvalue weighted by atomic mass is 79.9.